The highest BCUT2D eigenvalue weighted by Crippen LogP contribution is 2.38. The molecule has 0 saturated heterocycles. The number of aryl methyl sites for hydroxylation is 1. The standard InChI is InChI=1S/C13H16N4O2S2/c1-2-16-8-13(15-9-16)21(18,19)17-5-6-20-12-4-3-10(14)7-11(12)17/h3-4,7-9H,2,5-6,14H2,1H3. The Labute approximate surface area is 128 Å². The fourth-order valence-electron chi connectivity index (χ4n) is 2.22. The van der Waals surface area contributed by atoms with Crippen molar-refractivity contribution in [2.75, 3.05) is 22.3 Å². The number of nitrogen functional groups attached to an aromatic ring is 1. The molecule has 8 heteroatoms. The molecular weight excluding hydrogens is 308 g/mol. The molecule has 0 amide bonds. The van der Waals surface area contributed by atoms with Crippen LogP contribution >= 0.6 is 11.8 Å². The van der Waals surface area contributed by atoms with E-state index in [2.05, 4.69) is 4.98 Å². The highest BCUT2D eigenvalue weighted by molar-refractivity contribution is 8.00. The van der Waals surface area contributed by atoms with E-state index in [1.807, 2.05) is 13.0 Å². The van der Waals surface area contributed by atoms with Gasteiger partial charge in [0.15, 0.2) is 5.03 Å². The van der Waals surface area contributed by atoms with Gasteiger partial charge in [0.25, 0.3) is 10.0 Å². The van der Waals surface area contributed by atoms with E-state index in [0.29, 0.717) is 30.2 Å². The van der Waals surface area contributed by atoms with Crippen LogP contribution < -0.4 is 10.0 Å². The van der Waals surface area contributed by atoms with Crippen molar-refractivity contribution in [3.8, 4) is 0 Å². The topological polar surface area (TPSA) is 81.2 Å². The summed E-state index contributed by atoms with van der Waals surface area (Å²) in [7, 11) is -3.65. The second-order valence-electron chi connectivity index (χ2n) is 4.70. The van der Waals surface area contributed by atoms with Crippen molar-refractivity contribution >= 4 is 33.2 Å². The van der Waals surface area contributed by atoms with Gasteiger partial charge >= 0.3 is 0 Å². The first-order chi connectivity index (χ1) is 10.0. The number of sulfonamides is 1. The highest BCUT2D eigenvalue weighted by Gasteiger charge is 2.31. The van der Waals surface area contributed by atoms with Gasteiger partial charge < -0.3 is 10.3 Å². The number of imidazole rings is 1. The molecule has 0 bridgehead atoms. The SMILES string of the molecule is CCn1cnc(S(=O)(=O)N2CCSc3ccc(N)cc32)c1. The number of nitrogens with two attached hydrogens (primary N) is 1. The predicted octanol–water partition coefficient (Wildman–Crippen LogP) is 1.79. The van der Waals surface area contributed by atoms with Gasteiger partial charge in [-0.25, -0.2) is 4.98 Å². The van der Waals surface area contributed by atoms with Gasteiger partial charge in [-0.05, 0) is 25.1 Å². The molecule has 0 radical (unpaired) electrons. The van der Waals surface area contributed by atoms with Crippen molar-refractivity contribution in [3.05, 3.63) is 30.7 Å². The Morgan fingerprint density at radius 1 is 1.43 bits per heavy atom. The maximum atomic E-state index is 12.8. The van der Waals surface area contributed by atoms with Crippen LogP contribution in [0.1, 0.15) is 6.92 Å². The predicted molar refractivity (Wildman–Crippen MR) is 84.0 cm³/mol. The van der Waals surface area contributed by atoms with Crippen molar-refractivity contribution in [1.82, 2.24) is 9.55 Å². The zero-order valence-electron chi connectivity index (χ0n) is 11.6. The summed E-state index contributed by atoms with van der Waals surface area (Å²) in [6.45, 7) is 3.04. The molecule has 2 aromatic rings. The molecule has 0 fully saturated rings. The molecule has 0 atom stereocenters. The van der Waals surface area contributed by atoms with Crippen molar-refractivity contribution in [2.24, 2.45) is 0 Å². The molecular formula is C13H16N4O2S2. The van der Waals surface area contributed by atoms with Crippen LogP contribution in [0.3, 0.4) is 0 Å². The third-order valence-electron chi connectivity index (χ3n) is 3.33. The van der Waals surface area contributed by atoms with Gasteiger partial charge in [0.2, 0.25) is 0 Å². The second kappa shape index (κ2) is 5.27. The van der Waals surface area contributed by atoms with E-state index in [1.54, 1.807) is 34.7 Å². The van der Waals surface area contributed by atoms with Gasteiger partial charge in [0.1, 0.15) is 0 Å². The molecule has 2 heterocycles. The number of rotatable bonds is 3. The van der Waals surface area contributed by atoms with Gasteiger partial charge in [-0.15, -0.1) is 11.8 Å². The van der Waals surface area contributed by atoms with E-state index in [0.717, 1.165) is 4.90 Å². The lowest BCUT2D eigenvalue weighted by molar-refractivity contribution is 0.588. The lowest BCUT2D eigenvalue weighted by Crippen LogP contribution is -2.35. The smallest absolute Gasteiger partial charge is 0.283 e. The Kier molecular flexibility index (Phi) is 3.58. The molecule has 1 aromatic carbocycles. The normalized spacial score (nSPS) is 15.0. The van der Waals surface area contributed by atoms with Crippen LogP contribution in [0.25, 0.3) is 0 Å². The summed E-state index contributed by atoms with van der Waals surface area (Å²) in [6.07, 6.45) is 3.09. The van der Waals surface area contributed by atoms with E-state index < -0.39 is 10.0 Å². The van der Waals surface area contributed by atoms with Crippen LogP contribution in [-0.2, 0) is 16.6 Å². The maximum Gasteiger partial charge on any atom is 0.283 e. The number of nitrogens with zero attached hydrogens (tertiary/aromatic N) is 3. The summed E-state index contributed by atoms with van der Waals surface area (Å²) in [5.74, 6) is 0.713. The van der Waals surface area contributed by atoms with Crippen LogP contribution in [0, 0.1) is 0 Å². The fourth-order valence-corrected chi connectivity index (χ4v) is 4.78. The number of benzene rings is 1. The highest BCUT2D eigenvalue weighted by atomic mass is 32.2. The van der Waals surface area contributed by atoms with Crippen molar-refractivity contribution in [3.63, 3.8) is 0 Å². The molecule has 0 unspecified atom stereocenters. The molecule has 1 aromatic heterocycles. The van der Waals surface area contributed by atoms with Crippen molar-refractivity contribution in [1.29, 1.82) is 0 Å². The lowest BCUT2D eigenvalue weighted by Gasteiger charge is -2.29. The molecule has 1 aliphatic rings. The molecule has 1 aliphatic heterocycles. The Bertz CT molecular complexity index is 770. The zero-order chi connectivity index (χ0) is 15.0. The first kappa shape index (κ1) is 14.3. The largest absolute Gasteiger partial charge is 0.399 e. The molecule has 0 aliphatic carbocycles. The van der Waals surface area contributed by atoms with Crippen LogP contribution in [0.5, 0.6) is 0 Å². The Hall–Kier alpha value is -1.67. The number of thioether (sulfide) groups is 1. The number of aromatic nitrogens is 2. The first-order valence-electron chi connectivity index (χ1n) is 6.59. The Morgan fingerprint density at radius 3 is 2.95 bits per heavy atom. The Balaban J connectivity index is 2.07. The number of hydrogen-bond donors (Lipinski definition) is 1. The molecule has 2 N–H and O–H groups in total. The quantitative estimate of drug-likeness (QED) is 0.871. The molecule has 112 valence electrons. The summed E-state index contributed by atoms with van der Waals surface area (Å²) in [4.78, 5) is 4.95. The summed E-state index contributed by atoms with van der Waals surface area (Å²) < 4.78 is 28.7. The van der Waals surface area contributed by atoms with Crippen LogP contribution in [-0.4, -0.2) is 30.3 Å². The minimum Gasteiger partial charge on any atom is -0.399 e. The van der Waals surface area contributed by atoms with Gasteiger partial charge in [-0.1, -0.05) is 0 Å². The number of hydrogen-bond acceptors (Lipinski definition) is 5. The first-order valence-corrected chi connectivity index (χ1v) is 9.02. The second-order valence-corrected chi connectivity index (χ2v) is 7.64. The molecule has 21 heavy (non-hydrogen) atoms. The lowest BCUT2D eigenvalue weighted by atomic mass is 10.3. The van der Waals surface area contributed by atoms with Gasteiger partial charge in [0.05, 0.1) is 12.0 Å². The molecule has 0 spiro atoms. The average molecular weight is 324 g/mol. The van der Waals surface area contributed by atoms with Crippen LogP contribution in [0.4, 0.5) is 11.4 Å². The van der Waals surface area contributed by atoms with Crippen molar-refractivity contribution in [2.45, 2.75) is 23.4 Å². The van der Waals surface area contributed by atoms with E-state index in [1.165, 1.54) is 10.6 Å². The van der Waals surface area contributed by atoms with Gasteiger partial charge in [-0.3, -0.25) is 4.31 Å². The zero-order valence-corrected chi connectivity index (χ0v) is 13.2. The molecule has 0 saturated carbocycles. The summed E-state index contributed by atoms with van der Waals surface area (Å²) >= 11 is 1.63. The third kappa shape index (κ3) is 2.49. The minimum atomic E-state index is -3.65. The molecule has 3 rings (SSSR count). The number of anilines is 2. The van der Waals surface area contributed by atoms with Crippen LogP contribution in [0.15, 0.2) is 40.6 Å². The Morgan fingerprint density at radius 2 is 2.24 bits per heavy atom. The average Bonchev–Trinajstić information content (AvgIpc) is 2.96. The third-order valence-corrected chi connectivity index (χ3v) is 6.07. The van der Waals surface area contributed by atoms with Gasteiger partial charge in [-0.2, -0.15) is 8.42 Å². The van der Waals surface area contributed by atoms with Crippen LogP contribution in [0.2, 0.25) is 0 Å². The van der Waals surface area contributed by atoms with E-state index in [4.69, 9.17) is 5.73 Å². The number of fused-ring (bicyclic) bond motifs is 1. The van der Waals surface area contributed by atoms with E-state index in [-0.39, 0.29) is 5.03 Å². The monoisotopic (exact) mass is 324 g/mol. The fraction of sp³-hybridized carbons (Fsp3) is 0.308. The van der Waals surface area contributed by atoms with Gasteiger partial charge in [0, 0.05) is 35.6 Å². The summed E-state index contributed by atoms with van der Waals surface area (Å²) in [5.41, 5.74) is 6.99. The minimum absolute atomic E-state index is 0.0737. The summed E-state index contributed by atoms with van der Waals surface area (Å²) in [5, 5.41) is 0.0737. The van der Waals surface area contributed by atoms with E-state index >= 15 is 0 Å². The van der Waals surface area contributed by atoms with Crippen molar-refractivity contribution < 1.29 is 8.42 Å². The summed E-state index contributed by atoms with van der Waals surface area (Å²) in [6, 6.07) is 5.35. The van der Waals surface area contributed by atoms with E-state index in [9.17, 15) is 8.42 Å². The molecule has 6 nitrogen and oxygen atoms in total. The maximum absolute atomic E-state index is 12.8.